The van der Waals surface area contributed by atoms with Crippen molar-refractivity contribution >= 4 is 11.9 Å². The van der Waals surface area contributed by atoms with Crippen LogP contribution in [-0.2, 0) is 11.8 Å². The van der Waals surface area contributed by atoms with Crippen molar-refractivity contribution in [3.05, 3.63) is 18.2 Å². The molecule has 0 spiro atoms. The summed E-state index contributed by atoms with van der Waals surface area (Å²) in [5.41, 5.74) is 0.299. The topological polar surface area (TPSA) is 104 Å². The van der Waals surface area contributed by atoms with Gasteiger partial charge in [0.15, 0.2) is 6.10 Å². The van der Waals surface area contributed by atoms with E-state index in [1.165, 1.54) is 17.1 Å². The van der Waals surface area contributed by atoms with Crippen LogP contribution in [0.2, 0.25) is 0 Å². The molecule has 0 saturated carbocycles. The molecule has 0 radical (unpaired) electrons. The first-order valence-electron chi connectivity index (χ1n) is 4.17. The van der Waals surface area contributed by atoms with Crippen molar-refractivity contribution in [2.75, 3.05) is 6.54 Å². The predicted molar refractivity (Wildman–Crippen MR) is 49.2 cm³/mol. The van der Waals surface area contributed by atoms with Crippen LogP contribution in [0.4, 0.5) is 0 Å². The number of carbonyl (C=O) groups excluding carboxylic acids is 1. The lowest BCUT2D eigenvalue weighted by atomic mass is 10.3. The standard InChI is InChI=1S/C8H11N3O4/c1-11-4-9-2-5(11)7(13)10-3-6(12)8(14)15/h2,4,6,12H,3H2,1H3,(H,10,13)(H,14,15)/t6-/m0/s1. The predicted octanol–water partition coefficient (Wildman–Crippen LogP) is -1.40. The van der Waals surface area contributed by atoms with Crippen LogP contribution in [0, 0.1) is 0 Å². The van der Waals surface area contributed by atoms with Gasteiger partial charge in [0, 0.05) is 7.05 Å². The number of hydrogen-bond acceptors (Lipinski definition) is 4. The minimum atomic E-state index is -1.60. The van der Waals surface area contributed by atoms with Gasteiger partial charge in [-0.2, -0.15) is 0 Å². The minimum absolute atomic E-state index is 0.299. The molecule has 1 heterocycles. The zero-order chi connectivity index (χ0) is 11.4. The molecule has 1 amide bonds. The van der Waals surface area contributed by atoms with E-state index in [0.29, 0.717) is 5.69 Å². The van der Waals surface area contributed by atoms with E-state index in [2.05, 4.69) is 10.3 Å². The first-order valence-corrected chi connectivity index (χ1v) is 4.17. The number of aliphatic hydroxyl groups excluding tert-OH is 1. The molecule has 7 heteroatoms. The fraction of sp³-hybridized carbons (Fsp3) is 0.375. The molecular formula is C8H11N3O4. The van der Waals surface area contributed by atoms with Crippen LogP contribution in [0.15, 0.2) is 12.5 Å². The molecule has 1 aromatic rings. The van der Waals surface area contributed by atoms with Crippen molar-refractivity contribution in [2.24, 2.45) is 7.05 Å². The number of aromatic nitrogens is 2. The van der Waals surface area contributed by atoms with E-state index in [1.807, 2.05) is 0 Å². The molecule has 0 aliphatic carbocycles. The van der Waals surface area contributed by atoms with Crippen LogP contribution >= 0.6 is 0 Å². The lowest BCUT2D eigenvalue weighted by molar-refractivity contribution is -0.146. The summed E-state index contributed by atoms with van der Waals surface area (Å²) in [4.78, 5) is 25.4. The normalized spacial score (nSPS) is 12.1. The Hall–Kier alpha value is -1.89. The van der Waals surface area contributed by atoms with Gasteiger partial charge in [0.25, 0.3) is 5.91 Å². The van der Waals surface area contributed by atoms with Gasteiger partial charge in [-0.15, -0.1) is 0 Å². The Morgan fingerprint density at radius 3 is 2.80 bits per heavy atom. The van der Waals surface area contributed by atoms with Gasteiger partial charge >= 0.3 is 5.97 Å². The highest BCUT2D eigenvalue weighted by Crippen LogP contribution is 1.95. The third-order valence-electron chi connectivity index (χ3n) is 1.79. The van der Waals surface area contributed by atoms with Crippen LogP contribution in [0.1, 0.15) is 10.5 Å². The largest absolute Gasteiger partial charge is 0.479 e. The maximum absolute atomic E-state index is 11.4. The van der Waals surface area contributed by atoms with Crippen molar-refractivity contribution < 1.29 is 19.8 Å². The van der Waals surface area contributed by atoms with E-state index in [9.17, 15) is 9.59 Å². The summed E-state index contributed by atoms with van der Waals surface area (Å²) in [7, 11) is 1.63. The van der Waals surface area contributed by atoms with E-state index < -0.39 is 18.0 Å². The van der Waals surface area contributed by atoms with Crippen molar-refractivity contribution in [1.29, 1.82) is 0 Å². The van der Waals surface area contributed by atoms with Gasteiger partial charge < -0.3 is 20.1 Å². The number of carboxylic acid groups (broad SMARTS) is 1. The van der Waals surface area contributed by atoms with E-state index in [0.717, 1.165) is 0 Å². The summed E-state index contributed by atoms with van der Waals surface area (Å²) < 4.78 is 1.49. The minimum Gasteiger partial charge on any atom is -0.479 e. The summed E-state index contributed by atoms with van der Waals surface area (Å²) in [5, 5.41) is 19.5. The summed E-state index contributed by atoms with van der Waals surface area (Å²) >= 11 is 0. The third-order valence-corrected chi connectivity index (χ3v) is 1.79. The Balaban J connectivity index is 2.51. The van der Waals surface area contributed by atoms with Crippen molar-refractivity contribution in [1.82, 2.24) is 14.9 Å². The molecule has 0 bridgehead atoms. The Labute approximate surface area is 85.4 Å². The molecule has 1 rings (SSSR count). The fourth-order valence-corrected chi connectivity index (χ4v) is 0.943. The van der Waals surface area contributed by atoms with Crippen LogP contribution in [0.3, 0.4) is 0 Å². The van der Waals surface area contributed by atoms with Crippen LogP contribution in [0.5, 0.6) is 0 Å². The highest BCUT2D eigenvalue weighted by molar-refractivity contribution is 5.92. The number of amides is 1. The van der Waals surface area contributed by atoms with Gasteiger partial charge in [-0.25, -0.2) is 9.78 Å². The summed E-state index contributed by atoms with van der Waals surface area (Å²) in [6, 6.07) is 0. The van der Waals surface area contributed by atoms with Crippen LogP contribution < -0.4 is 5.32 Å². The van der Waals surface area contributed by atoms with Gasteiger partial charge in [0.05, 0.1) is 19.1 Å². The Morgan fingerprint density at radius 2 is 2.33 bits per heavy atom. The molecule has 0 saturated heterocycles. The van der Waals surface area contributed by atoms with Crippen molar-refractivity contribution in [3.63, 3.8) is 0 Å². The Kier molecular flexibility index (Phi) is 3.40. The van der Waals surface area contributed by atoms with Gasteiger partial charge in [0.2, 0.25) is 0 Å². The molecule has 3 N–H and O–H groups in total. The third kappa shape index (κ3) is 2.78. The second-order valence-electron chi connectivity index (χ2n) is 2.95. The van der Waals surface area contributed by atoms with Gasteiger partial charge in [-0.1, -0.05) is 0 Å². The van der Waals surface area contributed by atoms with E-state index in [1.54, 1.807) is 7.05 Å². The number of imidazole rings is 1. The van der Waals surface area contributed by atoms with Crippen molar-refractivity contribution in [3.8, 4) is 0 Å². The molecule has 0 fully saturated rings. The molecule has 0 aliphatic rings. The molecule has 0 aromatic carbocycles. The summed E-state index contributed by atoms with van der Waals surface area (Å²) in [6.45, 7) is -0.334. The monoisotopic (exact) mass is 213 g/mol. The zero-order valence-corrected chi connectivity index (χ0v) is 8.04. The van der Waals surface area contributed by atoms with Gasteiger partial charge in [0.1, 0.15) is 5.69 Å². The fourth-order valence-electron chi connectivity index (χ4n) is 0.943. The van der Waals surface area contributed by atoms with Gasteiger partial charge in [-0.05, 0) is 0 Å². The maximum Gasteiger partial charge on any atom is 0.334 e. The highest BCUT2D eigenvalue weighted by atomic mass is 16.4. The SMILES string of the molecule is Cn1cncc1C(=O)NC[C@H](O)C(=O)O. The second-order valence-corrected chi connectivity index (χ2v) is 2.95. The molecule has 1 aromatic heterocycles. The van der Waals surface area contributed by atoms with Crippen molar-refractivity contribution in [2.45, 2.75) is 6.10 Å². The van der Waals surface area contributed by atoms with E-state index >= 15 is 0 Å². The molecule has 0 aliphatic heterocycles. The quantitative estimate of drug-likeness (QED) is 0.570. The molecule has 0 unspecified atom stereocenters. The zero-order valence-electron chi connectivity index (χ0n) is 8.04. The number of rotatable bonds is 4. The number of nitrogens with one attached hydrogen (secondary N) is 1. The number of hydrogen-bond donors (Lipinski definition) is 3. The van der Waals surface area contributed by atoms with Crippen LogP contribution in [0.25, 0.3) is 0 Å². The molecule has 82 valence electrons. The average Bonchev–Trinajstić information content (AvgIpc) is 2.60. The first kappa shape index (κ1) is 11.2. The second kappa shape index (κ2) is 4.56. The maximum atomic E-state index is 11.4. The highest BCUT2D eigenvalue weighted by Gasteiger charge is 2.16. The number of carboxylic acids is 1. The summed E-state index contributed by atoms with van der Waals surface area (Å²) in [5.74, 6) is -1.85. The Morgan fingerprint density at radius 1 is 1.67 bits per heavy atom. The number of nitrogens with zero attached hydrogens (tertiary/aromatic N) is 2. The number of aliphatic hydroxyl groups is 1. The summed E-state index contributed by atoms with van der Waals surface area (Å²) in [6.07, 6.45) is 1.20. The van der Waals surface area contributed by atoms with E-state index in [-0.39, 0.29) is 6.54 Å². The average molecular weight is 213 g/mol. The number of aliphatic carboxylic acids is 1. The lowest BCUT2D eigenvalue weighted by Gasteiger charge is -2.07. The number of aryl methyl sites for hydroxylation is 1. The smallest absolute Gasteiger partial charge is 0.334 e. The molecule has 15 heavy (non-hydrogen) atoms. The molecular weight excluding hydrogens is 202 g/mol. The number of carbonyl (C=O) groups is 2. The van der Waals surface area contributed by atoms with Crippen LogP contribution in [-0.4, -0.2) is 44.3 Å². The Bertz CT molecular complexity index is 374. The first-order chi connectivity index (χ1) is 7.02. The van der Waals surface area contributed by atoms with Gasteiger partial charge in [-0.3, -0.25) is 4.79 Å². The van der Waals surface area contributed by atoms with E-state index in [4.69, 9.17) is 10.2 Å². The molecule has 7 nitrogen and oxygen atoms in total. The molecule has 1 atom stereocenters. The lowest BCUT2D eigenvalue weighted by Crippen LogP contribution is -2.37.